The molecule has 0 saturated carbocycles. The Labute approximate surface area is 56.7 Å². The number of hydrogen-bond acceptors (Lipinski definition) is 4. The molecule has 0 unspecified atom stereocenters. The molecule has 0 atom stereocenters. The molecule has 10 heavy (non-hydrogen) atoms. The van der Waals surface area contributed by atoms with E-state index >= 15 is 0 Å². The third-order valence-electron chi connectivity index (χ3n) is 1.01. The molecular formula is C6H6O4. The van der Waals surface area contributed by atoms with Crippen LogP contribution < -0.4 is 10.4 Å². The first-order valence-electron chi connectivity index (χ1n) is 2.60. The summed E-state index contributed by atoms with van der Waals surface area (Å²) in [6.45, 7) is 0. The van der Waals surface area contributed by atoms with Crippen molar-refractivity contribution in [1.29, 1.82) is 0 Å². The molecule has 0 aliphatic heterocycles. The minimum atomic E-state index is -0.599. The van der Waals surface area contributed by atoms with Gasteiger partial charge in [0.2, 0.25) is 0 Å². The second kappa shape index (κ2) is 2.43. The predicted octanol–water partition coefficient (Wildman–Crippen LogP) is 0.354. The lowest BCUT2D eigenvalue weighted by Gasteiger charge is -1.97. The average molecular weight is 142 g/mol. The number of methoxy groups -OCH3 is 1. The van der Waals surface area contributed by atoms with E-state index < -0.39 is 5.63 Å². The number of ether oxygens (including phenoxy) is 1. The molecule has 0 aliphatic carbocycles. The quantitative estimate of drug-likeness (QED) is 0.614. The standard InChI is InChI=1S/C6H6O4/c1-9-5-3-10-6(8)2-4(5)7/h2-3,7H,1H3. The van der Waals surface area contributed by atoms with Crippen LogP contribution in [0.25, 0.3) is 0 Å². The van der Waals surface area contributed by atoms with Gasteiger partial charge in [-0.25, -0.2) is 4.79 Å². The van der Waals surface area contributed by atoms with Crippen molar-refractivity contribution in [3.8, 4) is 11.5 Å². The van der Waals surface area contributed by atoms with Gasteiger partial charge in [0.15, 0.2) is 11.5 Å². The van der Waals surface area contributed by atoms with Gasteiger partial charge < -0.3 is 14.3 Å². The van der Waals surface area contributed by atoms with Crippen molar-refractivity contribution in [2.24, 2.45) is 0 Å². The minimum Gasteiger partial charge on any atom is -0.504 e. The second-order valence-electron chi connectivity index (χ2n) is 1.65. The summed E-state index contributed by atoms with van der Waals surface area (Å²) in [4.78, 5) is 10.4. The molecular weight excluding hydrogens is 136 g/mol. The Bertz CT molecular complexity index is 275. The first-order valence-corrected chi connectivity index (χ1v) is 2.60. The van der Waals surface area contributed by atoms with Crippen LogP contribution in [0.3, 0.4) is 0 Å². The molecule has 1 aromatic heterocycles. The molecule has 0 bridgehead atoms. The maximum absolute atomic E-state index is 10.4. The number of rotatable bonds is 1. The van der Waals surface area contributed by atoms with E-state index in [4.69, 9.17) is 5.11 Å². The topological polar surface area (TPSA) is 59.7 Å². The molecule has 0 aromatic carbocycles. The van der Waals surface area contributed by atoms with Crippen LogP contribution in [0.2, 0.25) is 0 Å². The highest BCUT2D eigenvalue weighted by Gasteiger charge is 2.00. The van der Waals surface area contributed by atoms with Crippen molar-refractivity contribution in [1.82, 2.24) is 0 Å². The molecule has 0 spiro atoms. The van der Waals surface area contributed by atoms with Crippen molar-refractivity contribution in [2.75, 3.05) is 7.11 Å². The fourth-order valence-corrected chi connectivity index (χ4v) is 0.541. The van der Waals surface area contributed by atoms with E-state index in [9.17, 15) is 4.79 Å². The Morgan fingerprint density at radius 3 is 2.90 bits per heavy atom. The fraction of sp³-hybridized carbons (Fsp3) is 0.167. The molecule has 1 rings (SSSR count). The Balaban J connectivity index is 3.19. The van der Waals surface area contributed by atoms with Gasteiger partial charge >= 0.3 is 5.63 Å². The van der Waals surface area contributed by atoms with E-state index in [1.54, 1.807) is 0 Å². The van der Waals surface area contributed by atoms with Gasteiger partial charge in [-0.3, -0.25) is 0 Å². The highest BCUT2D eigenvalue weighted by atomic mass is 16.5. The van der Waals surface area contributed by atoms with Crippen molar-refractivity contribution >= 4 is 0 Å². The first-order chi connectivity index (χ1) is 4.74. The van der Waals surface area contributed by atoms with Crippen LogP contribution in [0.1, 0.15) is 0 Å². The maximum Gasteiger partial charge on any atom is 0.339 e. The molecule has 54 valence electrons. The van der Waals surface area contributed by atoms with Crippen molar-refractivity contribution in [3.63, 3.8) is 0 Å². The zero-order valence-electron chi connectivity index (χ0n) is 5.33. The molecule has 0 aliphatic rings. The molecule has 1 aromatic rings. The number of aromatic hydroxyl groups is 1. The zero-order chi connectivity index (χ0) is 7.56. The summed E-state index contributed by atoms with van der Waals surface area (Å²) in [6.07, 6.45) is 1.05. The highest BCUT2D eigenvalue weighted by Crippen LogP contribution is 2.21. The van der Waals surface area contributed by atoms with Crippen LogP contribution in [-0.4, -0.2) is 12.2 Å². The summed E-state index contributed by atoms with van der Waals surface area (Å²) in [6, 6.07) is 0.943. The van der Waals surface area contributed by atoms with Gasteiger partial charge in [0.1, 0.15) is 6.26 Å². The maximum atomic E-state index is 10.4. The largest absolute Gasteiger partial charge is 0.504 e. The Morgan fingerprint density at radius 1 is 1.70 bits per heavy atom. The predicted molar refractivity (Wildman–Crippen MR) is 33.2 cm³/mol. The van der Waals surface area contributed by atoms with Gasteiger partial charge in [-0.05, 0) is 0 Å². The Morgan fingerprint density at radius 2 is 2.40 bits per heavy atom. The van der Waals surface area contributed by atoms with Crippen LogP contribution in [0.5, 0.6) is 11.5 Å². The van der Waals surface area contributed by atoms with Crippen molar-refractivity contribution in [3.05, 3.63) is 22.7 Å². The lowest BCUT2D eigenvalue weighted by molar-refractivity contribution is 0.347. The Hall–Kier alpha value is -1.45. The number of hydrogen-bond donors (Lipinski definition) is 1. The molecule has 1 heterocycles. The monoisotopic (exact) mass is 142 g/mol. The highest BCUT2D eigenvalue weighted by molar-refractivity contribution is 5.33. The second-order valence-corrected chi connectivity index (χ2v) is 1.65. The van der Waals surface area contributed by atoms with E-state index in [0.717, 1.165) is 12.3 Å². The van der Waals surface area contributed by atoms with E-state index in [2.05, 4.69) is 9.15 Å². The molecule has 0 amide bonds. The molecule has 4 nitrogen and oxygen atoms in total. The third kappa shape index (κ3) is 1.10. The lowest BCUT2D eigenvalue weighted by atomic mass is 10.4. The molecule has 0 radical (unpaired) electrons. The first kappa shape index (κ1) is 6.67. The summed E-state index contributed by atoms with van der Waals surface area (Å²) in [5.74, 6) is -0.0571. The summed E-state index contributed by atoms with van der Waals surface area (Å²) in [7, 11) is 1.37. The van der Waals surface area contributed by atoms with Gasteiger partial charge in [0, 0.05) is 0 Å². The molecule has 4 heteroatoms. The van der Waals surface area contributed by atoms with E-state index in [1.165, 1.54) is 7.11 Å². The van der Waals surface area contributed by atoms with E-state index in [0.29, 0.717) is 0 Å². The fourth-order valence-electron chi connectivity index (χ4n) is 0.541. The minimum absolute atomic E-state index is 0.152. The third-order valence-corrected chi connectivity index (χ3v) is 1.01. The summed E-state index contributed by atoms with van der Waals surface area (Å²) in [5.41, 5.74) is -0.599. The summed E-state index contributed by atoms with van der Waals surface area (Å²) < 4.78 is 9.01. The van der Waals surface area contributed by atoms with Gasteiger partial charge in [0.25, 0.3) is 0 Å². The van der Waals surface area contributed by atoms with Gasteiger partial charge in [-0.2, -0.15) is 0 Å². The average Bonchev–Trinajstić information content (AvgIpc) is 1.88. The van der Waals surface area contributed by atoms with Crippen LogP contribution in [0.4, 0.5) is 0 Å². The SMILES string of the molecule is COc1coc(=O)cc1O. The van der Waals surface area contributed by atoms with Crippen molar-refractivity contribution < 1.29 is 14.3 Å². The molecule has 1 N–H and O–H groups in total. The van der Waals surface area contributed by atoms with Crippen LogP contribution >= 0.6 is 0 Å². The molecule has 0 saturated heterocycles. The lowest BCUT2D eigenvalue weighted by Crippen LogP contribution is -1.95. The Kier molecular flexibility index (Phi) is 1.62. The normalized spacial score (nSPS) is 9.30. The smallest absolute Gasteiger partial charge is 0.339 e. The van der Waals surface area contributed by atoms with E-state index in [1.807, 2.05) is 0 Å². The van der Waals surface area contributed by atoms with Gasteiger partial charge in [-0.1, -0.05) is 0 Å². The summed E-state index contributed by atoms with van der Waals surface area (Å²) in [5, 5.41) is 8.91. The van der Waals surface area contributed by atoms with Gasteiger partial charge in [-0.15, -0.1) is 0 Å². The van der Waals surface area contributed by atoms with E-state index in [-0.39, 0.29) is 11.5 Å². The summed E-state index contributed by atoms with van der Waals surface area (Å²) >= 11 is 0. The molecule has 0 fully saturated rings. The van der Waals surface area contributed by atoms with Gasteiger partial charge in [0.05, 0.1) is 13.2 Å². The van der Waals surface area contributed by atoms with Crippen molar-refractivity contribution in [2.45, 2.75) is 0 Å². The van der Waals surface area contributed by atoms with Crippen LogP contribution in [0, 0.1) is 0 Å². The van der Waals surface area contributed by atoms with Crippen LogP contribution in [-0.2, 0) is 0 Å². The zero-order valence-corrected chi connectivity index (χ0v) is 5.33. The van der Waals surface area contributed by atoms with Crippen LogP contribution in [0.15, 0.2) is 21.5 Å².